The highest BCUT2D eigenvalue weighted by Crippen LogP contribution is 2.29. The van der Waals surface area contributed by atoms with Gasteiger partial charge in [0.1, 0.15) is 5.69 Å². The zero-order valence-electron chi connectivity index (χ0n) is 13.0. The largest absolute Gasteiger partial charge is 0.351 e. The van der Waals surface area contributed by atoms with Gasteiger partial charge in [-0.3, -0.25) is 14.6 Å². The average molecular weight is 304 g/mol. The lowest BCUT2D eigenvalue weighted by Gasteiger charge is -2.26. The molecular formula is C16H24N4O2. The molecule has 0 spiro atoms. The molecule has 1 heterocycles. The summed E-state index contributed by atoms with van der Waals surface area (Å²) >= 11 is 0. The summed E-state index contributed by atoms with van der Waals surface area (Å²) in [5.74, 6) is 0.365. The second kappa shape index (κ2) is 7.89. The molecule has 4 N–H and O–H groups in total. The van der Waals surface area contributed by atoms with Crippen molar-refractivity contribution >= 4 is 17.5 Å². The van der Waals surface area contributed by atoms with Gasteiger partial charge >= 0.3 is 0 Å². The molecule has 0 unspecified atom stereocenters. The van der Waals surface area contributed by atoms with Crippen LogP contribution in [0, 0.1) is 11.8 Å². The Morgan fingerprint density at radius 1 is 1.32 bits per heavy atom. The molecule has 6 heteroatoms. The third-order valence-corrected chi connectivity index (χ3v) is 4.15. The molecular weight excluding hydrogens is 280 g/mol. The molecule has 120 valence electrons. The van der Waals surface area contributed by atoms with Gasteiger partial charge < -0.3 is 16.4 Å². The summed E-state index contributed by atoms with van der Waals surface area (Å²) in [6.07, 6.45) is 5.31. The van der Waals surface area contributed by atoms with E-state index in [0.717, 1.165) is 25.7 Å². The molecule has 2 amide bonds. The van der Waals surface area contributed by atoms with E-state index in [2.05, 4.69) is 15.6 Å². The molecule has 0 saturated heterocycles. The van der Waals surface area contributed by atoms with Gasteiger partial charge in [0, 0.05) is 24.3 Å². The van der Waals surface area contributed by atoms with Crippen LogP contribution >= 0.6 is 0 Å². The predicted molar refractivity (Wildman–Crippen MR) is 85.4 cm³/mol. The molecule has 1 saturated carbocycles. The highest BCUT2D eigenvalue weighted by atomic mass is 16.2. The Bertz CT molecular complexity index is 525. The summed E-state index contributed by atoms with van der Waals surface area (Å²) in [5.41, 5.74) is 6.60. The van der Waals surface area contributed by atoms with E-state index in [0.29, 0.717) is 30.4 Å². The minimum atomic E-state index is -0.234. The minimum Gasteiger partial charge on any atom is -0.351 e. The lowest BCUT2D eigenvalue weighted by Crippen LogP contribution is -2.29. The van der Waals surface area contributed by atoms with Crippen LogP contribution in [0.1, 0.15) is 43.1 Å². The molecule has 0 aliphatic heterocycles. The van der Waals surface area contributed by atoms with Crippen molar-refractivity contribution in [1.82, 2.24) is 10.3 Å². The van der Waals surface area contributed by atoms with Crippen LogP contribution in [0.4, 0.5) is 5.69 Å². The molecule has 0 radical (unpaired) electrons. The highest BCUT2D eigenvalue weighted by Gasteiger charge is 2.25. The van der Waals surface area contributed by atoms with Crippen molar-refractivity contribution in [2.45, 2.75) is 32.6 Å². The number of nitrogens with one attached hydrogen (secondary N) is 2. The monoisotopic (exact) mass is 304 g/mol. The van der Waals surface area contributed by atoms with Gasteiger partial charge in [0.2, 0.25) is 5.91 Å². The molecule has 0 atom stereocenters. The number of nitrogens with two attached hydrogens (primary N) is 1. The number of carbonyl (C=O) groups is 2. The van der Waals surface area contributed by atoms with Crippen LogP contribution in [0.2, 0.25) is 0 Å². The first-order valence-corrected chi connectivity index (χ1v) is 7.89. The van der Waals surface area contributed by atoms with Crippen LogP contribution in [0.5, 0.6) is 0 Å². The van der Waals surface area contributed by atoms with Gasteiger partial charge in [-0.15, -0.1) is 0 Å². The van der Waals surface area contributed by atoms with Gasteiger partial charge in [0.05, 0.1) is 0 Å². The lowest BCUT2D eigenvalue weighted by atomic mass is 9.81. The normalized spacial score (nSPS) is 21.2. The van der Waals surface area contributed by atoms with Crippen LogP contribution in [0.25, 0.3) is 0 Å². The third-order valence-electron chi connectivity index (χ3n) is 4.15. The summed E-state index contributed by atoms with van der Waals surface area (Å²) in [6.45, 7) is 3.09. The fraction of sp³-hybridized carbons (Fsp3) is 0.562. The Hall–Kier alpha value is -1.95. The van der Waals surface area contributed by atoms with Crippen molar-refractivity contribution in [3.05, 3.63) is 24.0 Å². The maximum absolute atomic E-state index is 12.3. The van der Waals surface area contributed by atoms with Gasteiger partial charge in [0.15, 0.2) is 0 Å². The first-order chi connectivity index (χ1) is 10.6. The Balaban J connectivity index is 1.94. The third kappa shape index (κ3) is 4.27. The van der Waals surface area contributed by atoms with Crippen LogP contribution in [0.15, 0.2) is 18.3 Å². The summed E-state index contributed by atoms with van der Waals surface area (Å²) in [5, 5.41) is 5.58. The highest BCUT2D eigenvalue weighted by molar-refractivity contribution is 5.96. The van der Waals surface area contributed by atoms with E-state index in [1.807, 2.05) is 6.92 Å². The number of anilines is 1. The Morgan fingerprint density at radius 3 is 2.68 bits per heavy atom. The van der Waals surface area contributed by atoms with E-state index < -0.39 is 0 Å². The van der Waals surface area contributed by atoms with Crippen molar-refractivity contribution in [2.75, 3.05) is 18.4 Å². The van der Waals surface area contributed by atoms with Crippen molar-refractivity contribution in [3.8, 4) is 0 Å². The average Bonchev–Trinajstić information content (AvgIpc) is 2.55. The van der Waals surface area contributed by atoms with Crippen LogP contribution in [-0.4, -0.2) is 29.9 Å². The Morgan fingerprint density at radius 2 is 2.05 bits per heavy atom. The van der Waals surface area contributed by atoms with Crippen molar-refractivity contribution < 1.29 is 9.59 Å². The SMILES string of the molecule is CCNC(=O)c1cc(NC(=O)C2CCC(CN)CC2)ccn1. The summed E-state index contributed by atoms with van der Waals surface area (Å²) in [7, 11) is 0. The molecule has 0 bridgehead atoms. The smallest absolute Gasteiger partial charge is 0.269 e. The van der Waals surface area contributed by atoms with Gasteiger partial charge in [-0.1, -0.05) is 0 Å². The summed E-state index contributed by atoms with van der Waals surface area (Å²) in [6, 6.07) is 3.31. The molecule has 6 nitrogen and oxygen atoms in total. The summed E-state index contributed by atoms with van der Waals surface area (Å²) < 4.78 is 0. The minimum absolute atomic E-state index is 0.0171. The number of nitrogens with zero attached hydrogens (tertiary/aromatic N) is 1. The van der Waals surface area contributed by atoms with E-state index in [1.54, 1.807) is 12.1 Å². The molecule has 1 aliphatic rings. The predicted octanol–water partition coefficient (Wildman–Crippen LogP) is 1.53. The number of carbonyl (C=O) groups excluding carboxylic acids is 2. The van der Waals surface area contributed by atoms with Gasteiger partial charge in [-0.05, 0) is 57.2 Å². The number of hydrogen-bond acceptors (Lipinski definition) is 4. The second-order valence-corrected chi connectivity index (χ2v) is 5.73. The van der Waals surface area contributed by atoms with Crippen molar-refractivity contribution in [3.63, 3.8) is 0 Å². The van der Waals surface area contributed by atoms with Crippen LogP contribution in [-0.2, 0) is 4.79 Å². The van der Waals surface area contributed by atoms with Crippen molar-refractivity contribution in [1.29, 1.82) is 0 Å². The molecule has 1 aromatic rings. The number of aromatic nitrogens is 1. The van der Waals surface area contributed by atoms with Gasteiger partial charge in [-0.25, -0.2) is 0 Å². The fourth-order valence-electron chi connectivity index (χ4n) is 2.79. The zero-order valence-corrected chi connectivity index (χ0v) is 13.0. The Kier molecular flexibility index (Phi) is 5.89. The maximum atomic E-state index is 12.3. The lowest BCUT2D eigenvalue weighted by molar-refractivity contribution is -0.121. The number of amides is 2. The first kappa shape index (κ1) is 16.4. The molecule has 2 rings (SSSR count). The number of rotatable bonds is 5. The first-order valence-electron chi connectivity index (χ1n) is 7.89. The number of hydrogen-bond donors (Lipinski definition) is 3. The molecule has 1 aromatic heterocycles. The molecule has 1 aliphatic carbocycles. The van der Waals surface area contributed by atoms with Crippen molar-refractivity contribution in [2.24, 2.45) is 17.6 Å². The van der Waals surface area contributed by atoms with Gasteiger partial charge in [-0.2, -0.15) is 0 Å². The van der Waals surface area contributed by atoms with E-state index in [4.69, 9.17) is 5.73 Å². The number of pyridine rings is 1. The van der Waals surface area contributed by atoms with E-state index in [-0.39, 0.29) is 17.7 Å². The fourth-order valence-corrected chi connectivity index (χ4v) is 2.79. The molecule has 1 fully saturated rings. The second-order valence-electron chi connectivity index (χ2n) is 5.73. The topological polar surface area (TPSA) is 97.1 Å². The summed E-state index contributed by atoms with van der Waals surface area (Å²) in [4.78, 5) is 28.1. The Labute approximate surface area is 130 Å². The van der Waals surface area contributed by atoms with E-state index >= 15 is 0 Å². The van der Waals surface area contributed by atoms with E-state index in [1.165, 1.54) is 6.20 Å². The van der Waals surface area contributed by atoms with Gasteiger partial charge in [0.25, 0.3) is 5.91 Å². The standard InChI is InChI=1S/C16H24N4O2/c1-2-18-16(22)14-9-13(7-8-19-14)20-15(21)12-5-3-11(10-17)4-6-12/h7-9,11-12H,2-6,10,17H2,1H3,(H,18,22)(H,19,20,21). The maximum Gasteiger partial charge on any atom is 0.269 e. The zero-order chi connectivity index (χ0) is 15.9. The van der Waals surface area contributed by atoms with Crippen LogP contribution in [0.3, 0.4) is 0 Å². The quantitative estimate of drug-likeness (QED) is 0.768. The molecule has 22 heavy (non-hydrogen) atoms. The van der Waals surface area contributed by atoms with Crippen LogP contribution < -0.4 is 16.4 Å². The van der Waals surface area contributed by atoms with E-state index in [9.17, 15) is 9.59 Å². The molecule has 0 aromatic carbocycles.